The summed E-state index contributed by atoms with van der Waals surface area (Å²) >= 11 is 1.23. The molecule has 7 heteroatoms. The van der Waals surface area contributed by atoms with Gasteiger partial charge in [-0.25, -0.2) is 4.98 Å². The third kappa shape index (κ3) is 1.97. The molecule has 19 heavy (non-hydrogen) atoms. The number of benzene rings is 1. The van der Waals surface area contributed by atoms with E-state index in [0.29, 0.717) is 27.3 Å². The molecule has 1 aliphatic heterocycles. The molecule has 6 nitrogen and oxygen atoms in total. The second-order valence-electron chi connectivity index (χ2n) is 4.23. The molecule has 1 aromatic heterocycles. The Kier molecular flexibility index (Phi) is 2.56. The molecule has 1 unspecified atom stereocenters. The van der Waals surface area contributed by atoms with Crippen LogP contribution in [0.1, 0.15) is 6.92 Å². The van der Waals surface area contributed by atoms with Gasteiger partial charge in [-0.15, -0.1) is 0 Å². The number of ether oxygens (including phenoxy) is 1. The number of hydrogen-bond acceptors (Lipinski definition) is 6. The Labute approximate surface area is 113 Å². The van der Waals surface area contributed by atoms with Gasteiger partial charge in [-0.1, -0.05) is 11.3 Å². The van der Waals surface area contributed by atoms with E-state index in [2.05, 4.69) is 10.3 Å². The molecule has 2 heterocycles. The molecule has 0 radical (unpaired) electrons. The lowest BCUT2D eigenvalue weighted by Gasteiger charge is -2.23. The van der Waals surface area contributed by atoms with Crippen molar-refractivity contribution in [2.75, 3.05) is 16.8 Å². The Morgan fingerprint density at radius 2 is 2.21 bits per heavy atom. The molecule has 1 atom stereocenters. The second-order valence-corrected chi connectivity index (χ2v) is 5.29. The van der Waals surface area contributed by atoms with Crippen molar-refractivity contribution < 1.29 is 9.53 Å². The van der Waals surface area contributed by atoms with Crippen LogP contribution in [0.15, 0.2) is 18.2 Å². The normalized spacial score (nSPS) is 17.5. The second kappa shape index (κ2) is 4.13. The third-order valence-electron chi connectivity index (χ3n) is 2.85. The first-order valence-corrected chi connectivity index (χ1v) is 6.50. The molecule has 1 aromatic carbocycles. The standard InChI is InChI=1S/C12H12N4O2S/c1-5-11(17)15-7-4-6(2-3-8(7)18-5)9-10(13)19-12(14)16-9/h2-5H,13H2,1H3,(H2,14,16)(H,15,17). The lowest BCUT2D eigenvalue weighted by atomic mass is 10.1. The summed E-state index contributed by atoms with van der Waals surface area (Å²) in [5.41, 5.74) is 13.5. The van der Waals surface area contributed by atoms with E-state index in [1.165, 1.54) is 11.3 Å². The number of amides is 1. The summed E-state index contributed by atoms with van der Waals surface area (Å²) in [6.45, 7) is 1.70. The van der Waals surface area contributed by atoms with Gasteiger partial charge >= 0.3 is 0 Å². The number of nitrogens with zero attached hydrogens (tertiary/aromatic N) is 1. The lowest BCUT2D eigenvalue weighted by Crippen LogP contribution is -2.34. The van der Waals surface area contributed by atoms with Gasteiger partial charge in [0, 0.05) is 5.56 Å². The minimum absolute atomic E-state index is 0.171. The van der Waals surface area contributed by atoms with Crippen LogP contribution in [0.3, 0.4) is 0 Å². The number of anilines is 3. The fourth-order valence-electron chi connectivity index (χ4n) is 1.91. The number of nitrogens with two attached hydrogens (primary N) is 2. The van der Waals surface area contributed by atoms with Gasteiger partial charge in [-0.2, -0.15) is 0 Å². The van der Waals surface area contributed by atoms with Crippen LogP contribution in [0.5, 0.6) is 5.75 Å². The highest BCUT2D eigenvalue weighted by Gasteiger charge is 2.24. The fourth-order valence-corrected chi connectivity index (χ4v) is 2.53. The summed E-state index contributed by atoms with van der Waals surface area (Å²) in [4.78, 5) is 15.8. The molecule has 2 aromatic rings. The quantitative estimate of drug-likeness (QED) is 0.735. The van der Waals surface area contributed by atoms with E-state index in [-0.39, 0.29) is 5.91 Å². The number of hydrogen-bond donors (Lipinski definition) is 3. The van der Waals surface area contributed by atoms with Crippen molar-refractivity contribution in [1.82, 2.24) is 4.98 Å². The average molecular weight is 276 g/mol. The monoisotopic (exact) mass is 276 g/mol. The molecular weight excluding hydrogens is 264 g/mol. The van der Waals surface area contributed by atoms with Gasteiger partial charge in [0.1, 0.15) is 16.4 Å². The Hall–Kier alpha value is -2.28. The third-order valence-corrected chi connectivity index (χ3v) is 3.57. The van der Waals surface area contributed by atoms with Crippen molar-refractivity contribution >= 4 is 33.1 Å². The summed E-state index contributed by atoms with van der Waals surface area (Å²) in [6.07, 6.45) is -0.488. The molecule has 0 spiro atoms. The van der Waals surface area contributed by atoms with Crippen LogP contribution < -0.4 is 21.5 Å². The summed E-state index contributed by atoms with van der Waals surface area (Å²) < 4.78 is 5.48. The summed E-state index contributed by atoms with van der Waals surface area (Å²) in [5.74, 6) is 0.466. The van der Waals surface area contributed by atoms with Crippen LogP contribution in [0.2, 0.25) is 0 Å². The van der Waals surface area contributed by atoms with Gasteiger partial charge in [0.25, 0.3) is 5.91 Å². The van der Waals surface area contributed by atoms with Crippen LogP contribution in [0.4, 0.5) is 15.8 Å². The molecular formula is C12H12N4O2S. The first-order valence-electron chi connectivity index (χ1n) is 5.68. The molecule has 98 valence electrons. The first kappa shape index (κ1) is 11.8. The summed E-state index contributed by atoms with van der Waals surface area (Å²) in [5, 5.41) is 3.75. The number of thiazole rings is 1. The number of nitrogen functional groups attached to an aromatic ring is 2. The van der Waals surface area contributed by atoms with Gasteiger partial charge in [0.2, 0.25) is 0 Å². The van der Waals surface area contributed by atoms with E-state index in [1.807, 2.05) is 6.07 Å². The van der Waals surface area contributed by atoms with E-state index in [0.717, 1.165) is 5.56 Å². The summed E-state index contributed by atoms with van der Waals surface area (Å²) in [6, 6.07) is 5.41. The van der Waals surface area contributed by atoms with Crippen molar-refractivity contribution in [3.8, 4) is 17.0 Å². The minimum Gasteiger partial charge on any atom is -0.479 e. The van der Waals surface area contributed by atoms with Crippen molar-refractivity contribution in [3.05, 3.63) is 18.2 Å². The van der Waals surface area contributed by atoms with E-state index in [9.17, 15) is 4.79 Å². The number of nitrogens with one attached hydrogen (secondary N) is 1. The molecule has 1 amide bonds. The Morgan fingerprint density at radius 1 is 1.42 bits per heavy atom. The Morgan fingerprint density at radius 3 is 2.89 bits per heavy atom. The van der Waals surface area contributed by atoms with Crippen LogP contribution in [0.25, 0.3) is 11.3 Å². The Bertz CT molecular complexity index is 668. The predicted molar refractivity (Wildman–Crippen MR) is 75.1 cm³/mol. The van der Waals surface area contributed by atoms with Gasteiger partial charge in [-0.3, -0.25) is 4.79 Å². The zero-order valence-corrected chi connectivity index (χ0v) is 11.0. The lowest BCUT2D eigenvalue weighted by molar-refractivity contribution is -0.122. The number of aromatic nitrogens is 1. The maximum Gasteiger partial charge on any atom is 0.265 e. The first-order chi connectivity index (χ1) is 9.04. The molecule has 3 rings (SSSR count). The minimum atomic E-state index is -0.488. The van der Waals surface area contributed by atoms with Gasteiger partial charge in [0.15, 0.2) is 11.2 Å². The average Bonchev–Trinajstić information content (AvgIpc) is 2.69. The topological polar surface area (TPSA) is 103 Å². The molecule has 0 aliphatic carbocycles. The maximum absolute atomic E-state index is 11.6. The van der Waals surface area contributed by atoms with E-state index < -0.39 is 6.10 Å². The van der Waals surface area contributed by atoms with Gasteiger partial charge < -0.3 is 21.5 Å². The Balaban J connectivity index is 2.05. The van der Waals surface area contributed by atoms with E-state index >= 15 is 0 Å². The zero-order valence-electron chi connectivity index (χ0n) is 10.1. The van der Waals surface area contributed by atoms with Gasteiger partial charge in [-0.05, 0) is 25.1 Å². The maximum atomic E-state index is 11.6. The zero-order chi connectivity index (χ0) is 13.6. The highest BCUT2D eigenvalue weighted by atomic mass is 32.1. The molecule has 5 N–H and O–H groups in total. The van der Waals surface area contributed by atoms with Crippen molar-refractivity contribution in [3.63, 3.8) is 0 Å². The van der Waals surface area contributed by atoms with Crippen LogP contribution in [-0.2, 0) is 4.79 Å². The smallest absolute Gasteiger partial charge is 0.265 e. The van der Waals surface area contributed by atoms with Crippen molar-refractivity contribution in [2.45, 2.75) is 13.0 Å². The highest BCUT2D eigenvalue weighted by molar-refractivity contribution is 7.19. The molecule has 1 aliphatic rings. The largest absolute Gasteiger partial charge is 0.479 e. The van der Waals surface area contributed by atoms with E-state index in [4.69, 9.17) is 16.2 Å². The fraction of sp³-hybridized carbons (Fsp3) is 0.167. The number of carbonyl (C=O) groups is 1. The highest BCUT2D eigenvalue weighted by Crippen LogP contribution is 2.37. The SMILES string of the molecule is CC1Oc2ccc(-c3nc(N)sc3N)cc2NC1=O. The van der Waals surface area contributed by atoms with Crippen molar-refractivity contribution in [1.29, 1.82) is 0 Å². The van der Waals surface area contributed by atoms with Crippen LogP contribution >= 0.6 is 11.3 Å². The van der Waals surface area contributed by atoms with Crippen LogP contribution in [0, 0.1) is 0 Å². The predicted octanol–water partition coefficient (Wildman–Crippen LogP) is 1.69. The molecule has 0 saturated carbocycles. The molecule has 0 saturated heterocycles. The number of rotatable bonds is 1. The van der Waals surface area contributed by atoms with Crippen LogP contribution in [-0.4, -0.2) is 17.0 Å². The van der Waals surface area contributed by atoms with Crippen molar-refractivity contribution in [2.24, 2.45) is 0 Å². The number of carbonyl (C=O) groups excluding carboxylic acids is 1. The van der Waals surface area contributed by atoms with E-state index in [1.54, 1.807) is 19.1 Å². The number of fused-ring (bicyclic) bond motifs is 1. The molecule has 0 bridgehead atoms. The summed E-state index contributed by atoms with van der Waals surface area (Å²) in [7, 11) is 0. The van der Waals surface area contributed by atoms with Gasteiger partial charge in [0.05, 0.1) is 5.69 Å². The molecule has 0 fully saturated rings.